The van der Waals surface area contributed by atoms with E-state index < -0.39 is 0 Å². The third kappa shape index (κ3) is 3.33. The van der Waals surface area contributed by atoms with Crippen molar-refractivity contribution in [3.63, 3.8) is 0 Å². The molecule has 1 fully saturated rings. The van der Waals surface area contributed by atoms with E-state index in [1.807, 2.05) is 6.07 Å². The zero-order valence-electron chi connectivity index (χ0n) is 12.9. The van der Waals surface area contributed by atoms with E-state index in [9.17, 15) is 0 Å². The Kier molecular flexibility index (Phi) is 4.19. The van der Waals surface area contributed by atoms with E-state index in [1.54, 1.807) is 0 Å². The highest BCUT2D eigenvalue weighted by Crippen LogP contribution is 2.16. The van der Waals surface area contributed by atoms with Crippen LogP contribution < -0.4 is 10.6 Å². The van der Waals surface area contributed by atoms with Crippen molar-refractivity contribution in [1.29, 1.82) is 0 Å². The molecule has 0 amide bonds. The molecule has 0 spiro atoms. The number of anilines is 2. The Morgan fingerprint density at radius 2 is 2.00 bits per heavy atom. The topological polar surface area (TPSA) is 97.2 Å². The third-order valence-electron chi connectivity index (χ3n) is 3.73. The van der Waals surface area contributed by atoms with Gasteiger partial charge in [-0.15, -0.1) is 0 Å². The molecule has 1 aliphatic heterocycles. The Bertz CT molecular complexity index is 619. The van der Waals surface area contributed by atoms with Crippen LogP contribution in [0.4, 0.5) is 11.6 Å². The highest BCUT2D eigenvalue weighted by Gasteiger charge is 2.20. The summed E-state index contributed by atoms with van der Waals surface area (Å²) in [5, 5.41) is 4.00. The first-order valence-electron chi connectivity index (χ1n) is 7.49. The van der Waals surface area contributed by atoms with Crippen molar-refractivity contribution in [2.24, 2.45) is 0 Å². The van der Waals surface area contributed by atoms with Crippen LogP contribution in [-0.4, -0.2) is 51.2 Å². The summed E-state index contributed by atoms with van der Waals surface area (Å²) < 4.78 is 5.30. The first kappa shape index (κ1) is 14.7. The molecule has 0 aromatic carbocycles. The molecule has 1 saturated heterocycles. The summed E-state index contributed by atoms with van der Waals surface area (Å²) in [7, 11) is 0. The summed E-state index contributed by atoms with van der Waals surface area (Å²) in [6, 6.07) is 1.81. The fourth-order valence-corrected chi connectivity index (χ4v) is 2.43. The molecule has 1 aliphatic rings. The Labute approximate surface area is 129 Å². The van der Waals surface area contributed by atoms with Gasteiger partial charge in [0.25, 0.3) is 0 Å². The van der Waals surface area contributed by atoms with Crippen LogP contribution in [0, 0.1) is 0 Å². The van der Waals surface area contributed by atoms with E-state index in [0.717, 1.165) is 37.8 Å². The van der Waals surface area contributed by atoms with E-state index in [2.05, 4.69) is 43.8 Å². The number of aromatic nitrogens is 4. The molecule has 2 aromatic heterocycles. The van der Waals surface area contributed by atoms with Gasteiger partial charge in [-0.2, -0.15) is 4.98 Å². The Morgan fingerprint density at radius 3 is 2.64 bits per heavy atom. The van der Waals surface area contributed by atoms with Crippen molar-refractivity contribution in [2.45, 2.75) is 26.3 Å². The summed E-state index contributed by atoms with van der Waals surface area (Å²) in [6.07, 6.45) is 1.50. The van der Waals surface area contributed by atoms with Crippen LogP contribution in [0.2, 0.25) is 0 Å². The molecule has 0 bridgehead atoms. The standard InChI is InChI=1S/C14H21N7O/c1-10(2)14-18-13(22-19-14)8-20-3-5-21(6-4-20)12-7-11(15)16-9-17-12/h7,9-10H,3-6,8H2,1-2H3,(H2,15,16,17). The Hall–Kier alpha value is -2.22. The number of hydrogen-bond acceptors (Lipinski definition) is 8. The molecule has 8 heteroatoms. The van der Waals surface area contributed by atoms with E-state index in [4.69, 9.17) is 10.3 Å². The minimum absolute atomic E-state index is 0.289. The lowest BCUT2D eigenvalue weighted by atomic mass is 10.2. The van der Waals surface area contributed by atoms with E-state index in [0.29, 0.717) is 18.3 Å². The van der Waals surface area contributed by atoms with Gasteiger partial charge in [-0.05, 0) is 0 Å². The van der Waals surface area contributed by atoms with Crippen LogP contribution in [0.25, 0.3) is 0 Å². The molecule has 3 heterocycles. The molecule has 3 rings (SSSR count). The minimum Gasteiger partial charge on any atom is -0.384 e. The van der Waals surface area contributed by atoms with E-state index in [1.165, 1.54) is 6.33 Å². The van der Waals surface area contributed by atoms with Gasteiger partial charge in [0.2, 0.25) is 5.89 Å². The maximum absolute atomic E-state index is 5.71. The predicted octanol–water partition coefficient (Wildman–Crippen LogP) is 0.887. The maximum Gasteiger partial charge on any atom is 0.240 e. The summed E-state index contributed by atoms with van der Waals surface area (Å²) in [4.78, 5) is 17.1. The van der Waals surface area contributed by atoms with Gasteiger partial charge in [0, 0.05) is 38.2 Å². The van der Waals surface area contributed by atoms with Crippen LogP contribution >= 0.6 is 0 Å². The number of nitrogen functional groups attached to an aromatic ring is 1. The number of nitrogens with zero attached hydrogens (tertiary/aromatic N) is 6. The second kappa shape index (κ2) is 6.27. The van der Waals surface area contributed by atoms with Crippen molar-refractivity contribution in [3.05, 3.63) is 24.1 Å². The molecular formula is C14H21N7O. The van der Waals surface area contributed by atoms with Gasteiger partial charge >= 0.3 is 0 Å². The van der Waals surface area contributed by atoms with E-state index in [-0.39, 0.29) is 5.92 Å². The zero-order valence-corrected chi connectivity index (χ0v) is 12.9. The van der Waals surface area contributed by atoms with E-state index >= 15 is 0 Å². The SMILES string of the molecule is CC(C)c1noc(CN2CCN(c3cc(N)ncn3)CC2)n1. The molecule has 0 radical (unpaired) electrons. The number of piperazine rings is 1. The highest BCUT2D eigenvalue weighted by molar-refractivity contribution is 5.46. The summed E-state index contributed by atoms with van der Waals surface area (Å²) in [5.74, 6) is 3.12. The normalized spacial score (nSPS) is 16.4. The second-order valence-corrected chi connectivity index (χ2v) is 5.77. The predicted molar refractivity (Wildman–Crippen MR) is 82.3 cm³/mol. The first-order chi connectivity index (χ1) is 10.6. The third-order valence-corrected chi connectivity index (χ3v) is 3.73. The Morgan fingerprint density at radius 1 is 1.23 bits per heavy atom. The van der Waals surface area contributed by atoms with Crippen LogP contribution in [0.1, 0.15) is 31.5 Å². The van der Waals surface area contributed by atoms with Crippen LogP contribution in [-0.2, 0) is 6.54 Å². The maximum atomic E-state index is 5.71. The minimum atomic E-state index is 0.289. The molecule has 2 aromatic rings. The number of hydrogen-bond donors (Lipinski definition) is 1. The molecule has 118 valence electrons. The fraction of sp³-hybridized carbons (Fsp3) is 0.571. The van der Waals surface area contributed by atoms with Gasteiger partial charge in [-0.3, -0.25) is 4.90 Å². The first-order valence-corrected chi connectivity index (χ1v) is 7.49. The van der Waals surface area contributed by atoms with Gasteiger partial charge in [0.15, 0.2) is 5.82 Å². The number of nitrogens with two attached hydrogens (primary N) is 1. The van der Waals surface area contributed by atoms with Crippen molar-refractivity contribution < 1.29 is 4.52 Å². The molecule has 22 heavy (non-hydrogen) atoms. The van der Waals surface area contributed by atoms with Gasteiger partial charge in [0.05, 0.1) is 6.54 Å². The molecular weight excluding hydrogens is 282 g/mol. The molecule has 0 aliphatic carbocycles. The van der Waals surface area contributed by atoms with Gasteiger partial charge in [-0.25, -0.2) is 9.97 Å². The van der Waals surface area contributed by atoms with Crippen LogP contribution in [0.3, 0.4) is 0 Å². The summed E-state index contributed by atoms with van der Waals surface area (Å²) in [6.45, 7) is 8.43. The number of rotatable bonds is 4. The van der Waals surface area contributed by atoms with Crippen LogP contribution in [0.15, 0.2) is 16.9 Å². The lowest BCUT2D eigenvalue weighted by Gasteiger charge is -2.34. The monoisotopic (exact) mass is 303 g/mol. The van der Waals surface area contributed by atoms with Crippen molar-refractivity contribution in [2.75, 3.05) is 36.8 Å². The largest absolute Gasteiger partial charge is 0.384 e. The Balaban J connectivity index is 1.55. The van der Waals surface area contributed by atoms with Gasteiger partial charge in [0.1, 0.15) is 18.0 Å². The lowest BCUT2D eigenvalue weighted by Crippen LogP contribution is -2.46. The van der Waals surface area contributed by atoms with Crippen molar-refractivity contribution in [3.8, 4) is 0 Å². The van der Waals surface area contributed by atoms with Gasteiger partial charge in [-0.1, -0.05) is 19.0 Å². The molecule has 0 atom stereocenters. The molecule has 0 unspecified atom stereocenters. The smallest absolute Gasteiger partial charge is 0.240 e. The van der Waals surface area contributed by atoms with Crippen LogP contribution in [0.5, 0.6) is 0 Å². The quantitative estimate of drug-likeness (QED) is 0.889. The zero-order chi connectivity index (χ0) is 15.5. The fourth-order valence-electron chi connectivity index (χ4n) is 2.43. The average molecular weight is 303 g/mol. The molecule has 2 N–H and O–H groups in total. The lowest BCUT2D eigenvalue weighted by molar-refractivity contribution is 0.215. The molecule has 8 nitrogen and oxygen atoms in total. The molecule has 0 saturated carbocycles. The average Bonchev–Trinajstić information content (AvgIpc) is 2.97. The van der Waals surface area contributed by atoms with Gasteiger partial charge < -0.3 is 15.2 Å². The highest BCUT2D eigenvalue weighted by atomic mass is 16.5. The summed E-state index contributed by atoms with van der Waals surface area (Å²) in [5.41, 5.74) is 5.71. The summed E-state index contributed by atoms with van der Waals surface area (Å²) >= 11 is 0. The second-order valence-electron chi connectivity index (χ2n) is 5.77. The van der Waals surface area contributed by atoms with Crippen molar-refractivity contribution in [1.82, 2.24) is 25.0 Å². The van der Waals surface area contributed by atoms with Crippen molar-refractivity contribution >= 4 is 11.6 Å².